The van der Waals surface area contributed by atoms with Gasteiger partial charge in [0.25, 0.3) is 5.91 Å². The van der Waals surface area contributed by atoms with Crippen molar-refractivity contribution < 1.29 is 30.0 Å². The van der Waals surface area contributed by atoms with E-state index in [1.165, 1.54) is 24.5 Å². The van der Waals surface area contributed by atoms with E-state index in [-0.39, 0.29) is 0 Å². The molecular weight excluding hydrogens is 282 g/mol. The van der Waals surface area contributed by atoms with E-state index in [0.29, 0.717) is 5.56 Å². The van der Waals surface area contributed by atoms with Crippen molar-refractivity contribution in [3.8, 4) is 0 Å². The number of pyridine rings is 1. The number of nitrogens with one attached hydrogen (secondary N) is 2. The van der Waals surface area contributed by atoms with Crippen LogP contribution in [-0.2, 0) is 4.74 Å². The SMILES string of the molecule is O=C(NNC1O[C@@H](CO)[C@H](O)[C@H](O)[C@@H]1O)c1ccncc1. The fourth-order valence-electron chi connectivity index (χ4n) is 1.93. The Labute approximate surface area is 120 Å². The molecule has 0 spiro atoms. The van der Waals surface area contributed by atoms with Crippen LogP contribution in [0.5, 0.6) is 0 Å². The molecule has 1 unspecified atom stereocenters. The molecule has 9 heteroatoms. The van der Waals surface area contributed by atoms with Gasteiger partial charge in [-0.15, -0.1) is 0 Å². The number of ether oxygens (including phenoxy) is 1. The normalized spacial score (nSPS) is 32.7. The van der Waals surface area contributed by atoms with Crippen LogP contribution in [0.25, 0.3) is 0 Å². The Morgan fingerprint density at radius 1 is 1.19 bits per heavy atom. The van der Waals surface area contributed by atoms with Crippen molar-refractivity contribution in [3.05, 3.63) is 30.1 Å². The molecule has 1 aliphatic heterocycles. The monoisotopic (exact) mass is 299 g/mol. The summed E-state index contributed by atoms with van der Waals surface area (Å²) in [7, 11) is 0. The predicted octanol–water partition coefficient (Wildman–Crippen LogP) is -2.88. The predicted molar refractivity (Wildman–Crippen MR) is 68.6 cm³/mol. The van der Waals surface area contributed by atoms with E-state index in [0.717, 1.165) is 0 Å². The van der Waals surface area contributed by atoms with E-state index in [9.17, 15) is 20.1 Å². The summed E-state index contributed by atoms with van der Waals surface area (Å²) in [6, 6.07) is 2.98. The van der Waals surface area contributed by atoms with Crippen molar-refractivity contribution in [2.24, 2.45) is 0 Å². The standard InChI is InChI=1S/C12H17N3O6/c16-5-7-8(17)9(18)10(19)12(21-7)15-14-11(20)6-1-3-13-4-2-6/h1-4,7-10,12,15-19H,5H2,(H,14,20)/t7-,8-,9-,10-,12?/m0/s1. The van der Waals surface area contributed by atoms with Gasteiger partial charge >= 0.3 is 0 Å². The minimum Gasteiger partial charge on any atom is -0.394 e. The molecule has 1 aromatic heterocycles. The summed E-state index contributed by atoms with van der Waals surface area (Å²) in [4.78, 5) is 15.6. The zero-order valence-electron chi connectivity index (χ0n) is 11.0. The summed E-state index contributed by atoms with van der Waals surface area (Å²) in [5.74, 6) is -0.491. The van der Waals surface area contributed by atoms with Crippen LogP contribution in [0.15, 0.2) is 24.5 Å². The van der Waals surface area contributed by atoms with Crippen molar-refractivity contribution in [3.63, 3.8) is 0 Å². The Bertz CT molecular complexity index is 471. The van der Waals surface area contributed by atoms with Gasteiger partial charge < -0.3 is 25.2 Å². The number of rotatable bonds is 4. The molecule has 0 aliphatic carbocycles. The highest BCUT2D eigenvalue weighted by molar-refractivity contribution is 5.93. The highest BCUT2D eigenvalue weighted by Crippen LogP contribution is 2.19. The number of hydrazine groups is 1. The Kier molecular flexibility index (Phi) is 5.17. The van der Waals surface area contributed by atoms with Gasteiger partial charge in [0, 0.05) is 18.0 Å². The summed E-state index contributed by atoms with van der Waals surface area (Å²) in [6.45, 7) is -0.540. The lowest BCUT2D eigenvalue weighted by Gasteiger charge is -2.40. The molecule has 0 aromatic carbocycles. The van der Waals surface area contributed by atoms with Gasteiger partial charge in [-0.25, -0.2) is 5.43 Å². The smallest absolute Gasteiger partial charge is 0.265 e. The molecule has 0 saturated carbocycles. The van der Waals surface area contributed by atoms with E-state index in [4.69, 9.17) is 9.84 Å². The van der Waals surface area contributed by atoms with Crippen LogP contribution in [0.2, 0.25) is 0 Å². The third-order valence-corrected chi connectivity index (χ3v) is 3.16. The largest absolute Gasteiger partial charge is 0.394 e. The van der Waals surface area contributed by atoms with Crippen molar-refractivity contribution in [1.82, 2.24) is 15.8 Å². The summed E-state index contributed by atoms with van der Waals surface area (Å²) in [5.41, 5.74) is 5.05. The van der Waals surface area contributed by atoms with Crippen molar-refractivity contribution in [2.75, 3.05) is 6.61 Å². The molecule has 1 amide bonds. The fourth-order valence-corrected chi connectivity index (χ4v) is 1.93. The third-order valence-electron chi connectivity index (χ3n) is 3.16. The van der Waals surface area contributed by atoms with Crippen LogP contribution in [0.1, 0.15) is 10.4 Å². The van der Waals surface area contributed by atoms with Crippen molar-refractivity contribution >= 4 is 5.91 Å². The number of aliphatic hydroxyl groups is 4. The molecule has 2 rings (SSSR count). The Morgan fingerprint density at radius 3 is 2.48 bits per heavy atom. The van der Waals surface area contributed by atoms with Crippen LogP contribution < -0.4 is 10.9 Å². The van der Waals surface area contributed by atoms with Gasteiger partial charge in [0.15, 0.2) is 6.23 Å². The quantitative estimate of drug-likeness (QED) is 0.325. The average molecular weight is 299 g/mol. The summed E-state index contributed by atoms with van der Waals surface area (Å²) >= 11 is 0. The first-order valence-electron chi connectivity index (χ1n) is 6.31. The Hall–Kier alpha value is -1.62. The number of carbonyl (C=O) groups excluding carboxylic acids is 1. The average Bonchev–Trinajstić information content (AvgIpc) is 2.52. The van der Waals surface area contributed by atoms with Gasteiger partial charge in [-0.1, -0.05) is 0 Å². The molecular formula is C12H17N3O6. The van der Waals surface area contributed by atoms with Gasteiger partial charge in [-0.3, -0.25) is 15.2 Å². The van der Waals surface area contributed by atoms with Crippen LogP contribution in [0.3, 0.4) is 0 Å². The molecule has 5 atom stereocenters. The van der Waals surface area contributed by atoms with Crippen LogP contribution in [0, 0.1) is 0 Å². The maximum atomic E-state index is 11.8. The summed E-state index contributed by atoms with van der Waals surface area (Å²) < 4.78 is 5.17. The second-order valence-corrected chi connectivity index (χ2v) is 4.58. The number of hydrogen-bond acceptors (Lipinski definition) is 8. The minimum absolute atomic E-state index is 0.335. The van der Waals surface area contributed by atoms with E-state index in [1.807, 2.05) is 0 Å². The number of aromatic nitrogens is 1. The molecule has 1 fully saturated rings. The first-order valence-corrected chi connectivity index (χ1v) is 6.31. The molecule has 2 heterocycles. The lowest BCUT2D eigenvalue weighted by molar-refractivity contribution is -0.238. The first kappa shape index (κ1) is 15.8. The second kappa shape index (κ2) is 6.89. The van der Waals surface area contributed by atoms with E-state index in [2.05, 4.69) is 15.8 Å². The van der Waals surface area contributed by atoms with Gasteiger partial charge in [0.1, 0.15) is 24.4 Å². The Balaban J connectivity index is 1.94. The van der Waals surface area contributed by atoms with Crippen LogP contribution in [-0.4, -0.2) is 68.6 Å². The molecule has 0 bridgehead atoms. The van der Waals surface area contributed by atoms with Crippen LogP contribution >= 0.6 is 0 Å². The molecule has 0 radical (unpaired) electrons. The second-order valence-electron chi connectivity index (χ2n) is 4.58. The lowest BCUT2D eigenvalue weighted by atomic mass is 9.99. The third kappa shape index (κ3) is 3.53. The molecule has 1 aliphatic rings. The Morgan fingerprint density at radius 2 is 1.86 bits per heavy atom. The van der Waals surface area contributed by atoms with Gasteiger partial charge in [-0.2, -0.15) is 0 Å². The van der Waals surface area contributed by atoms with E-state index < -0.39 is 43.2 Å². The first-order chi connectivity index (χ1) is 10.0. The highest BCUT2D eigenvalue weighted by Gasteiger charge is 2.43. The lowest BCUT2D eigenvalue weighted by Crippen LogP contribution is -2.64. The number of amides is 1. The zero-order chi connectivity index (χ0) is 15.4. The van der Waals surface area contributed by atoms with Gasteiger partial charge in [-0.05, 0) is 12.1 Å². The number of aliphatic hydroxyl groups excluding tert-OH is 4. The highest BCUT2D eigenvalue weighted by atomic mass is 16.6. The number of carbonyl (C=O) groups is 1. The number of hydrogen-bond donors (Lipinski definition) is 6. The number of nitrogens with zero attached hydrogens (tertiary/aromatic N) is 1. The van der Waals surface area contributed by atoms with Crippen molar-refractivity contribution in [1.29, 1.82) is 0 Å². The molecule has 1 saturated heterocycles. The topological polar surface area (TPSA) is 144 Å². The molecule has 116 valence electrons. The summed E-state index contributed by atoms with van der Waals surface area (Å²) in [6.07, 6.45) is -3.75. The van der Waals surface area contributed by atoms with Crippen molar-refractivity contribution in [2.45, 2.75) is 30.6 Å². The minimum atomic E-state index is -1.51. The van der Waals surface area contributed by atoms with E-state index in [1.54, 1.807) is 0 Å². The molecule has 9 nitrogen and oxygen atoms in total. The molecule has 1 aromatic rings. The molecule has 21 heavy (non-hydrogen) atoms. The fraction of sp³-hybridized carbons (Fsp3) is 0.500. The maximum Gasteiger partial charge on any atom is 0.265 e. The summed E-state index contributed by atoms with van der Waals surface area (Å²) in [5, 5.41) is 38.0. The zero-order valence-corrected chi connectivity index (χ0v) is 11.0. The van der Waals surface area contributed by atoms with Gasteiger partial charge in [0.05, 0.1) is 6.61 Å². The van der Waals surface area contributed by atoms with Crippen LogP contribution in [0.4, 0.5) is 0 Å². The molecule has 6 N–H and O–H groups in total. The van der Waals surface area contributed by atoms with E-state index >= 15 is 0 Å². The van der Waals surface area contributed by atoms with Gasteiger partial charge in [0.2, 0.25) is 0 Å². The maximum absolute atomic E-state index is 11.8.